The van der Waals surface area contributed by atoms with Gasteiger partial charge in [0.05, 0.1) is 19.0 Å². The number of nitrogens with zero attached hydrogens (tertiary/aromatic N) is 4. The molecule has 2 aromatic heterocycles. The molecule has 7 nitrogen and oxygen atoms in total. The van der Waals surface area contributed by atoms with Crippen molar-refractivity contribution in [3.8, 4) is 28.6 Å². The van der Waals surface area contributed by atoms with Crippen LogP contribution >= 0.6 is 11.8 Å². The quantitative estimate of drug-likeness (QED) is 0.306. The van der Waals surface area contributed by atoms with Crippen LogP contribution in [0.3, 0.4) is 0 Å². The maximum Gasteiger partial charge on any atom is 0.196 e. The van der Waals surface area contributed by atoms with Gasteiger partial charge in [0.1, 0.15) is 5.82 Å². The molecule has 3 heterocycles. The molecule has 0 aliphatic carbocycles. The second-order valence-electron chi connectivity index (χ2n) is 7.28. The highest BCUT2D eigenvalue weighted by molar-refractivity contribution is 7.99. The van der Waals surface area contributed by atoms with Crippen LogP contribution in [0.1, 0.15) is 16.8 Å². The maximum atomic E-state index is 13.5. The molecule has 1 aliphatic rings. The fourth-order valence-electron chi connectivity index (χ4n) is 3.42. The van der Waals surface area contributed by atoms with E-state index in [-0.39, 0.29) is 17.4 Å². The van der Waals surface area contributed by atoms with Crippen LogP contribution < -0.4 is 9.47 Å². The van der Waals surface area contributed by atoms with Gasteiger partial charge in [-0.15, -0.1) is 10.2 Å². The summed E-state index contributed by atoms with van der Waals surface area (Å²) in [6, 6.07) is 14.9. The number of fused-ring (bicyclic) bond motifs is 1. The van der Waals surface area contributed by atoms with Crippen LogP contribution in [0.2, 0.25) is 0 Å². The molecule has 0 saturated heterocycles. The zero-order valence-corrected chi connectivity index (χ0v) is 18.3. The third-order valence-electron chi connectivity index (χ3n) is 5.06. The summed E-state index contributed by atoms with van der Waals surface area (Å²) in [5.41, 5.74) is 2.04. The molecule has 33 heavy (non-hydrogen) atoms. The van der Waals surface area contributed by atoms with Crippen LogP contribution in [0.15, 0.2) is 72.1 Å². The van der Waals surface area contributed by atoms with E-state index in [4.69, 9.17) is 9.47 Å². The van der Waals surface area contributed by atoms with E-state index in [2.05, 4.69) is 15.2 Å². The minimum Gasteiger partial charge on any atom is -0.490 e. The normalized spacial score (nSPS) is 12.9. The first-order chi connectivity index (χ1) is 16.2. The number of thioether (sulfide) groups is 1. The molecule has 9 heteroatoms. The smallest absolute Gasteiger partial charge is 0.196 e. The number of carbonyl (C=O) groups is 1. The molecule has 4 aromatic rings. The average molecular weight is 463 g/mol. The molecule has 0 atom stereocenters. The predicted octanol–water partition coefficient (Wildman–Crippen LogP) is 4.60. The molecule has 0 amide bonds. The van der Waals surface area contributed by atoms with Crippen LogP contribution in [0, 0.1) is 5.82 Å². The summed E-state index contributed by atoms with van der Waals surface area (Å²) in [5, 5.41) is 9.16. The van der Waals surface area contributed by atoms with Gasteiger partial charge >= 0.3 is 0 Å². The van der Waals surface area contributed by atoms with Crippen LogP contribution in [-0.4, -0.2) is 44.5 Å². The van der Waals surface area contributed by atoms with Crippen LogP contribution in [0.5, 0.6) is 11.5 Å². The van der Waals surface area contributed by atoms with Gasteiger partial charge < -0.3 is 9.47 Å². The van der Waals surface area contributed by atoms with Crippen molar-refractivity contribution in [2.24, 2.45) is 0 Å². The minimum atomic E-state index is -0.337. The summed E-state index contributed by atoms with van der Waals surface area (Å²) in [7, 11) is 0. The summed E-state index contributed by atoms with van der Waals surface area (Å²) in [5.74, 6) is 1.54. The fourth-order valence-corrected chi connectivity index (χ4v) is 4.27. The number of halogens is 1. The van der Waals surface area contributed by atoms with Crippen LogP contribution in [-0.2, 0) is 0 Å². The number of benzene rings is 2. The molecule has 1 aliphatic heterocycles. The lowest BCUT2D eigenvalue weighted by Crippen LogP contribution is -2.06. The molecule has 5 rings (SSSR count). The monoisotopic (exact) mass is 462 g/mol. The van der Waals surface area contributed by atoms with Gasteiger partial charge in [0, 0.05) is 35.6 Å². The van der Waals surface area contributed by atoms with Crippen molar-refractivity contribution in [2.75, 3.05) is 19.0 Å². The summed E-state index contributed by atoms with van der Waals surface area (Å²) in [6.45, 7) is 1.15. The Labute approximate surface area is 193 Å². The first-order valence-electron chi connectivity index (χ1n) is 10.4. The van der Waals surface area contributed by atoms with Crippen molar-refractivity contribution in [1.29, 1.82) is 0 Å². The van der Waals surface area contributed by atoms with Crippen LogP contribution in [0.4, 0.5) is 4.39 Å². The van der Waals surface area contributed by atoms with Gasteiger partial charge in [-0.3, -0.25) is 14.3 Å². The van der Waals surface area contributed by atoms with E-state index in [0.717, 1.165) is 12.0 Å². The summed E-state index contributed by atoms with van der Waals surface area (Å²) in [4.78, 5) is 17.0. The third-order valence-corrected chi connectivity index (χ3v) is 5.99. The highest BCUT2D eigenvalue weighted by Crippen LogP contribution is 2.32. The Morgan fingerprint density at radius 1 is 0.970 bits per heavy atom. The lowest BCUT2D eigenvalue weighted by Gasteiger charge is -2.11. The number of pyridine rings is 1. The summed E-state index contributed by atoms with van der Waals surface area (Å²) >= 11 is 1.26. The number of carbonyl (C=O) groups excluding carboxylic acids is 1. The van der Waals surface area contributed by atoms with Crippen molar-refractivity contribution in [3.05, 3.63) is 78.4 Å². The lowest BCUT2D eigenvalue weighted by atomic mass is 10.1. The van der Waals surface area contributed by atoms with E-state index in [9.17, 15) is 9.18 Å². The first-order valence-corrected chi connectivity index (χ1v) is 11.3. The van der Waals surface area contributed by atoms with Crippen molar-refractivity contribution in [1.82, 2.24) is 19.7 Å². The molecule has 0 bridgehead atoms. The summed E-state index contributed by atoms with van der Waals surface area (Å²) in [6.07, 6.45) is 4.13. The lowest BCUT2D eigenvalue weighted by molar-refractivity contribution is 0.102. The zero-order valence-electron chi connectivity index (χ0n) is 17.5. The second-order valence-corrected chi connectivity index (χ2v) is 8.22. The SMILES string of the molecule is O=C(CSc1nnc(-c2ccncc2)n1-c1ccc(F)cc1)c1ccc2c(c1)OCCCO2. The molecule has 0 spiro atoms. The topological polar surface area (TPSA) is 79.1 Å². The molecular formula is C24H19FN4O3S. The number of rotatable bonds is 6. The fraction of sp³-hybridized carbons (Fsp3) is 0.167. The average Bonchev–Trinajstić information content (AvgIpc) is 3.13. The Kier molecular flexibility index (Phi) is 6.03. The van der Waals surface area contributed by atoms with E-state index in [1.165, 1.54) is 23.9 Å². The number of Topliss-reactive ketones (excluding diaryl/α,β-unsaturated/α-hetero) is 1. The van der Waals surface area contributed by atoms with Gasteiger partial charge in [0.2, 0.25) is 0 Å². The molecular weight excluding hydrogens is 443 g/mol. The summed E-state index contributed by atoms with van der Waals surface area (Å²) < 4.78 is 26.7. The molecule has 0 saturated carbocycles. The Hall–Kier alpha value is -3.72. The van der Waals surface area contributed by atoms with Gasteiger partial charge in [0.25, 0.3) is 0 Å². The van der Waals surface area contributed by atoms with Crippen LogP contribution in [0.25, 0.3) is 17.1 Å². The zero-order chi connectivity index (χ0) is 22.6. The highest BCUT2D eigenvalue weighted by atomic mass is 32.2. The van der Waals surface area contributed by atoms with E-state index in [0.29, 0.717) is 46.9 Å². The number of ketones is 1. The van der Waals surface area contributed by atoms with Gasteiger partial charge in [0.15, 0.2) is 28.3 Å². The minimum absolute atomic E-state index is 0.0743. The van der Waals surface area contributed by atoms with E-state index in [1.807, 2.05) is 12.1 Å². The Balaban J connectivity index is 1.42. The molecule has 0 unspecified atom stereocenters. The largest absolute Gasteiger partial charge is 0.490 e. The van der Waals surface area contributed by atoms with E-state index < -0.39 is 0 Å². The molecule has 0 fully saturated rings. The highest BCUT2D eigenvalue weighted by Gasteiger charge is 2.19. The Morgan fingerprint density at radius 3 is 2.52 bits per heavy atom. The molecule has 0 N–H and O–H groups in total. The van der Waals surface area contributed by atoms with E-state index in [1.54, 1.807) is 47.3 Å². The van der Waals surface area contributed by atoms with Gasteiger partial charge in [-0.05, 0) is 54.6 Å². The number of hydrogen-bond donors (Lipinski definition) is 0. The second kappa shape index (κ2) is 9.41. The Bertz CT molecular complexity index is 1280. The standard InChI is InChI=1S/C24H19FN4O3S/c25-18-3-5-19(6-4-18)29-23(16-8-10-26-11-9-16)27-28-24(29)33-15-20(30)17-2-7-21-22(14-17)32-13-1-12-31-21/h2-11,14H,1,12-13,15H2. The van der Waals surface area contributed by atoms with Crippen molar-refractivity contribution in [2.45, 2.75) is 11.6 Å². The van der Waals surface area contributed by atoms with Gasteiger partial charge in [-0.1, -0.05) is 11.8 Å². The van der Waals surface area contributed by atoms with Gasteiger partial charge in [-0.25, -0.2) is 4.39 Å². The molecule has 2 aromatic carbocycles. The number of aromatic nitrogens is 4. The molecule has 166 valence electrons. The number of hydrogen-bond acceptors (Lipinski definition) is 7. The Morgan fingerprint density at radius 2 is 1.73 bits per heavy atom. The van der Waals surface area contributed by atoms with Gasteiger partial charge in [-0.2, -0.15) is 0 Å². The predicted molar refractivity (Wildman–Crippen MR) is 122 cm³/mol. The number of ether oxygens (including phenoxy) is 2. The van der Waals surface area contributed by atoms with Crippen molar-refractivity contribution in [3.63, 3.8) is 0 Å². The maximum absolute atomic E-state index is 13.5. The van der Waals surface area contributed by atoms with Crippen molar-refractivity contribution >= 4 is 17.5 Å². The van der Waals surface area contributed by atoms with E-state index >= 15 is 0 Å². The third kappa shape index (κ3) is 4.58. The first kappa shape index (κ1) is 21.1. The van der Waals surface area contributed by atoms with Crippen molar-refractivity contribution < 1.29 is 18.7 Å². The molecule has 0 radical (unpaired) electrons.